The Kier molecular flexibility index (Phi) is 5.19. The predicted octanol–water partition coefficient (Wildman–Crippen LogP) is 4.26. The second-order valence-electron chi connectivity index (χ2n) is 7.96. The van der Waals surface area contributed by atoms with Crippen molar-refractivity contribution >= 4 is 21.8 Å². The fraction of sp³-hybridized carbons (Fsp3) is 0.280. The Labute approximate surface area is 180 Å². The molecule has 6 nitrogen and oxygen atoms in total. The molecule has 6 heteroatoms. The zero-order valence-electron chi connectivity index (χ0n) is 17.4. The normalized spacial score (nSPS) is 15.3. The van der Waals surface area contributed by atoms with Crippen LogP contribution < -0.4 is 14.8 Å². The van der Waals surface area contributed by atoms with E-state index in [4.69, 9.17) is 14.7 Å². The van der Waals surface area contributed by atoms with E-state index >= 15 is 0 Å². The zero-order valence-corrected chi connectivity index (χ0v) is 17.4. The summed E-state index contributed by atoms with van der Waals surface area (Å²) < 4.78 is 12.2. The number of aryl methyl sites for hydroxylation is 2. The number of pyridine rings is 1. The highest BCUT2D eigenvalue weighted by atomic mass is 16.6. The summed E-state index contributed by atoms with van der Waals surface area (Å²) in [4.78, 5) is 7.87. The zero-order chi connectivity index (χ0) is 21.2. The first kappa shape index (κ1) is 19.4. The molecule has 31 heavy (non-hydrogen) atoms. The van der Waals surface area contributed by atoms with Crippen LogP contribution in [0.15, 0.2) is 48.7 Å². The van der Waals surface area contributed by atoms with Crippen molar-refractivity contribution in [1.29, 1.82) is 5.26 Å². The third-order valence-electron chi connectivity index (χ3n) is 5.70. The van der Waals surface area contributed by atoms with Crippen molar-refractivity contribution in [2.24, 2.45) is 0 Å². The maximum absolute atomic E-state index is 9.13. The van der Waals surface area contributed by atoms with Gasteiger partial charge in [-0.25, -0.2) is 0 Å². The lowest BCUT2D eigenvalue weighted by Gasteiger charge is -2.27. The van der Waals surface area contributed by atoms with Crippen LogP contribution in [0.5, 0.6) is 11.5 Å². The molecular weight excluding hydrogens is 388 g/mol. The lowest BCUT2D eigenvalue weighted by atomic mass is 10.1. The molecule has 0 fully saturated rings. The van der Waals surface area contributed by atoms with E-state index in [0.717, 1.165) is 64.9 Å². The van der Waals surface area contributed by atoms with Gasteiger partial charge < -0.3 is 19.8 Å². The molecule has 1 aliphatic heterocycles. The van der Waals surface area contributed by atoms with Crippen molar-refractivity contribution in [3.8, 4) is 17.6 Å². The van der Waals surface area contributed by atoms with Crippen molar-refractivity contribution in [2.45, 2.75) is 25.9 Å². The SMILES string of the molecule is Cc1ccc2c3c(ccc2n1)OCC(CNCCCc1c[nH]c2ccc(C#N)cc12)O3. The quantitative estimate of drug-likeness (QED) is 0.463. The molecule has 4 aromatic rings. The van der Waals surface area contributed by atoms with Crippen LogP contribution in [-0.4, -0.2) is 35.8 Å². The Morgan fingerprint density at radius 2 is 2.13 bits per heavy atom. The number of ether oxygens (including phenoxy) is 2. The molecule has 1 unspecified atom stereocenters. The molecule has 0 radical (unpaired) electrons. The number of rotatable bonds is 6. The van der Waals surface area contributed by atoms with E-state index in [-0.39, 0.29) is 6.10 Å². The highest BCUT2D eigenvalue weighted by Crippen LogP contribution is 2.38. The van der Waals surface area contributed by atoms with Crippen LogP contribution in [-0.2, 0) is 6.42 Å². The first-order chi connectivity index (χ1) is 15.2. The molecular formula is C25H24N4O2. The van der Waals surface area contributed by atoms with E-state index in [1.165, 1.54) is 5.56 Å². The molecule has 3 heterocycles. The molecule has 0 amide bonds. The maximum atomic E-state index is 9.13. The van der Waals surface area contributed by atoms with Crippen LogP contribution >= 0.6 is 0 Å². The number of hydrogen-bond acceptors (Lipinski definition) is 5. The Bertz CT molecular complexity index is 1290. The van der Waals surface area contributed by atoms with E-state index < -0.39 is 0 Å². The molecule has 1 atom stereocenters. The second kappa shape index (κ2) is 8.29. The van der Waals surface area contributed by atoms with Crippen LogP contribution in [0.1, 0.15) is 23.2 Å². The van der Waals surface area contributed by atoms with Gasteiger partial charge in [-0.3, -0.25) is 4.98 Å². The largest absolute Gasteiger partial charge is 0.486 e. The van der Waals surface area contributed by atoms with Gasteiger partial charge in [0.25, 0.3) is 0 Å². The summed E-state index contributed by atoms with van der Waals surface area (Å²) >= 11 is 0. The molecule has 0 saturated carbocycles. The molecule has 1 aliphatic rings. The molecule has 2 aromatic heterocycles. The number of benzene rings is 2. The third kappa shape index (κ3) is 3.92. The Hall–Kier alpha value is -3.56. The van der Waals surface area contributed by atoms with E-state index in [2.05, 4.69) is 27.4 Å². The molecule has 0 bridgehead atoms. The van der Waals surface area contributed by atoms with Gasteiger partial charge in [-0.2, -0.15) is 5.26 Å². The van der Waals surface area contributed by atoms with Gasteiger partial charge in [-0.1, -0.05) is 0 Å². The van der Waals surface area contributed by atoms with Crippen molar-refractivity contribution in [1.82, 2.24) is 15.3 Å². The minimum atomic E-state index is -0.0364. The first-order valence-electron chi connectivity index (χ1n) is 10.6. The number of nitrogens with zero attached hydrogens (tertiary/aromatic N) is 2. The van der Waals surface area contributed by atoms with Crippen molar-refractivity contribution in [3.05, 3.63) is 65.5 Å². The standard InChI is InChI=1S/C25H24N4O2/c1-16-4-6-20-23(29-16)8-9-24-25(20)31-19(15-30-24)14-27-10-2-3-18-13-28-22-7-5-17(12-26)11-21(18)22/h4-9,11,13,19,27-28H,2-3,10,14-15H2,1H3. The van der Waals surface area contributed by atoms with Gasteiger partial charge in [-0.05, 0) is 74.3 Å². The number of H-pyrrole nitrogens is 1. The fourth-order valence-electron chi connectivity index (χ4n) is 4.10. The summed E-state index contributed by atoms with van der Waals surface area (Å²) in [6.07, 6.45) is 3.95. The maximum Gasteiger partial charge on any atom is 0.171 e. The minimum absolute atomic E-state index is 0.0364. The number of aromatic amines is 1. The summed E-state index contributed by atoms with van der Waals surface area (Å²) in [7, 11) is 0. The minimum Gasteiger partial charge on any atom is -0.486 e. The molecule has 0 saturated heterocycles. The summed E-state index contributed by atoms with van der Waals surface area (Å²) in [5.74, 6) is 1.57. The lowest BCUT2D eigenvalue weighted by Crippen LogP contribution is -2.38. The summed E-state index contributed by atoms with van der Waals surface area (Å²) in [5.41, 5.74) is 4.93. The highest BCUT2D eigenvalue weighted by Gasteiger charge is 2.23. The van der Waals surface area contributed by atoms with Gasteiger partial charge in [0.1, 0.15) is 12.7 Å². The average Bonchev–Trinajstić information content (AvgIpc) is 3.20. The molecule has 2 N–H and O–H groups in total. The number of fused-ring (bicyclic) bond motifs is 4. The van der Waals surface area contributed by atoms with E-state index in [1.807, 2.05) is 49.5 Å². The number of nitriles is 1. The van der Waals surface area contributed by atoms with Gasteiger partial charge in [0, 0.05) is 34.7 Å². The second-order valence-corrected chi connectivity index (χ2v) is 7.96. The Balaban J connectivity index is 1.16. The smallest absolute Gasteiger partial charge is 0.171 e. The predicted molar refractivity (Wildman–Crippen MR) is 121 cm³/mol. The van der Waals surface area contributed by atoms with Crippen molar-refractivity contribution in [3.63, 3.8) is 0 Å². The van der Waals surface area contributed by atoms with E-state index in [1.54, 1.807) is 0 Å². The Morgan fingerprint density at radius 1 is 1.19 bits per heavy atom. The number of hydrogen-bond donors (Lipinski definition) is 2. The van der Waals surface area contributed by atoms with Crippen LogP contribution in [0.25, 0.3) is 21.8 Å². The molecule has 2 aromatic carbocycles. The lowest BCUT2D eigenvalue weighted by molar-refractivity contribution is 0.0925. The summed E-state index contributed by atoms with van der Waals surface area (Å²) in [6.45, 7) is 4.13. The molecule has 0 spiro atoms. The van der Waals surface area contributed by atoms with Crippen molar-refractivity contribution < 1.29 is 9.47 Å². The van der Waals surface area contributed by atoms with Crippen LogP contribution in [0.4, 0.5) is 0 Å². The third-order valence-corrected chi connectivity index (χ3v) is 5.70. The first-order valence-corrected chi connectivity index (χ1v) is 10.6. The van der Waals surface area contributed by atoms with Gasteiger partial charge in [0.05, 0.1) is 17.1 Å². The van der Waals surface area contributed by atoms with Gasteiger partial charge in [0.2, 0.25) is 0 Å². The van der Waals surface area contributed by atoms with Gasteiger partial charge in [-0.15, -0.1) is 0 Å². The summed E-state index contributed by atoms with van der Waals surface area (Å²) in [6, 6.07) is 15.9. The van der Waals surface area contributed by atoms with E-state index in [9.17, 15) is 0 Å². The average molecular weight is 412 g/mol. The molecule has 0 aliphatic carbocycles. The summed E-state index contributed by atoms with van der Waals surface area (Å²) in [5, 5.41) is 14.7. The monoisotopic (exact) mass is 412 g/mol. The Morgan fingerprint density at radius 3 is 3.03 bits per heavy atom. The number of nitrogens with one attached hydrogen (secondary N) is 2. The van der Waals surface area contributed by atoms with Gasteiger partial charge in [0.15, 0.2) is 11.5 Å². The number of aromatic nitrogens is 2. The topological polar surface area (TPSA) is 83.0 Å². The van der Waals surface area contributed by atoms with Crippen LogP contribution in [0, 0.1) is 18.3 Å². The van der Waals surface area contributed by atoms with Crippen molar-refractivity contribution in [2.75, 3.05) is 19.7 Å². The van der Waals surface area contributed by atoms with Gasteiger partial charge >= 0.3 is 0 Å². The highest BCUT2D eigenvalue weighted by molar-refractivity contribution is 5.88. The fourth-order valence-corrected chi connectivity index (χ4v) is 4.10. The van der Waals surface area contributed by atoms with E-state index in [0.29, 0.717) is 12.2 Å². The molecule has 5 rings (SSSR count). The van der Waals surface area contributed by atoms with Crippen LogP contribution in [0.2, 0.25) is 0 Å². The molecule has 156 valence electrons. The van der Waals surface area contributed by atoms with Crippen LogP contribution in [0.3, 0.4) is 0 Å².